The molecule has 3 rings (SSSR count). The molecule has 0 unspecified atom stereocenters. The van der Waals surface area contributed by atoms with Crippen LogP contribution in [0.2, 0.25) is 0 Å². The van der Waals surface area contributed by atoms with Crippen LogP contribution in [0.3, 0.4) is 0 Å². The number of Topliss-reactive ketones (excluding diaryl/α,β-unsaturated/α-hetero) is 1. The lowest BCUT2D eigenvalue weighted by molar-refractivity contribution is -0.155. The van der Waals surface area contributed by atoms with Gasteiger partial charge in [-0.1, -0.05) is 45.4 Å². The number of aliphatic hydroxyl groups is 2. The van der Waals surface area contributed by atoms with Crippen LogP contribution in [-0.4, -0.2) is 44.1 Å². The number of nitrogens with zero attached hydrogens (tertiary/aromatic N) is 2. The van der Waals surface area contributed by atoms with Crippen LogP contribution in [0.25, 0.3) is 11.0 Å². The summed E-state index contributed by atoms with van der Waals surface area (Å²) in [5.41, 5.74) is 2.23. The van der Waals surface area contributed by atoms with Crippen molar-refractivity contribution in [3.63, 3.8) is 0 Å². The average Bonchev–Trinajstić information content (AvgIpc) is 2.84. The normalized spacial score (nSPS) is 30.9. The van der Waals surface area contributed by atoms with Crippen molar-refractivity contribution in [3.8, 4) is 0 Å². The Bertz CT molecular complexity index is 1080. The van der Waals surface area contributed by atoms with Crippen LogP contribution in [0.4, 0.5) is 0 Å². The zero-order valence-electron chi connectivity index (χ0n) is 21.4. The monoisotopic (exact) mass is 482 g/mol. The first-order chi connectivity index (χ1) is 16.5. The highest BCUT2D eigenvalue weighted by molar-refractivity contribution is 5.88. The van der Waals surface area contributed by atoms with Crippen LogP contribution >= 0.6 is 0 Å². The lowest BCUT2D eigenvalue weighted by Crippen LogP contribution is -2.45. The van der Waals surface area contributed by atoms with Crippen LogP contribution < -0.4 is 0 Å². The number of esters is 1. The Hall–Kier alpha value is -2.64. The number of hydrogen-bond donors (Lipinski definition) is 2. The molecule has 2 aromatic rings. The Morgan fingerprint density at radius 2 is 1.74 bits per heavy atom. The summed E-state index contributed by atoms with van der Waals surface area (Å²) in [6, 6.07) is 5.60. The van der Waals surface area contributed by atoms with E-state index in [4.69, 9.17) is 4.74 Å². The molecular formula is C28H38N2O5. The highest BCUT2D eigenvalue weighted by atomic mass is 16.5. The van der Waals surface area contributed by atoms with E-state index < -0.39 is 35.6 Å². The van der Waals surface area contributed by atoms with Gasteiger partial charge in [0, 0.05) is 24.7 Å². The van der Waals surface area contributed by atoms with Gasteiger partial charge in [-0.2, -0.15) is 0 Å². The van der Waals surface area contributed by atoms with Crippen LogP contribution in [0.1, 0.15) is 78.4 Å². The van der Waals surface area contributed by atoms with Crippen LogP contribution in [0.15, 0.2) is 42.2 Å². The minimum Gasteiger partial charge on any atom is -0.457 e. The molecule has 0 radical (unpaired) electrons. The Labute approximate surface area is 207 Å². The fourth-order valence-corrected chi connectivity index (χ4v) is 4.74. The van der Waals surface area contributed by atoms with Crippen molar-refractivity contribution in [2.45, 2.75) is 85.0 Å². The third-order valence-electron chi connectivity index (χ3n) is 7.39. The van der Waals surface area contributed by atoms with E-state index in [1.807, 2.05) is 32.0 Å². The lowest BCUT2D eigenvalue weighted by atomic mass is 9.73. The number of carbonyl (C=O) groups is 2. The second-order valence-electron chi connectivity index (χ2n) is 10.5. The standard InChI is InChI=1S/C28H38N2O5/c1-17-7-6-8-18(2)26(33)19(3)27(34)28(4,5)24(31)16-25(32)35-23(12-9-17)20-10-11-21-22(15-20)30-14-13-29-21/h9-11,13-15,18-19,23-24,26,31,33H,6-8,12,16H2,1-5H3/b17-9-/t18-,19+,23-,24-,26-/m0/s1. The van der Waals surface area contributed by atoms with E-state index in [9.17, 15) is 19.8 Å². The van der Waals surface area contributed by atoms with E-state index in [0.717, 1.165) is 30.3 Å². The first-order valence-corrected chi connectivity index (χ1v) is 12.5. The molecule has 5 atom stereocenters. The number of ketones is 1. The molecule has 0 bridgehead atoms. The summed E-state index contributed by atoms with van der Waals surface area (Å²) in [5.74, 6) is -1.55. The molecule has 1 aromatic carbocycles. The molecule has 0 saturated carbocycles. The van der Waals surface area contributed by atoms with Crippen LogP contribution in [0.5, 0.6) is 0 Å². The summed E-state index contributed by atoms with van der Waals surface area (Å²) in [6.45, 7) is 8.94. The van der Waals surface area contributed by atoms with Gasteiger partial charge >= 0.3 is 5.97 Å². The van der Waals surface area contributed by atoms with E-state index in [1.54, 1.807) is 33.2 Å². The molecule has 1 aliphatic heterocycles. The number of aliphatic hydroxyl groups excluding tert-OH is 2. The van der Waals surface area contributed by atoms with Gasteiger partial charge in [0.05, 0.1) is 35.1 Å². The molecule has 0 saturated heterocycles. The summed E-state index contributed by atoms with van der Waals surface area (Å²) >= 11 is 0. The summed E-state index contributed by atoms with van der Waals surface area (Å²) in [4.78, 5) is 34.8. The first-order valence-electron chi connectivity index (χ1n) is 12.5. The van der Waals surface area contributed by atoms with E-state index in [2.05, 4.69) is 16.0 Å². The minimum atomic E-state index is -1.24. The molecule has 1 aliphatic rings. The largest absolute Gasteiger partial charge is 0.457 e. The van der Waals surface area contributed by atoms with Gasteiger partial charge in [0.25, 0.3) is 0 Å². The number of rotatable bonds is 1. The number of fused-ring (bicyclic) bond motifs is 1. The van der Waals surface area contributed by atoms with E-state index in [0.29, 0.717) is 11.9 Å². The Morgan fingerprint density at radius 1 is 1.06 bits per heavy atom. The Balaban J connectivity index is 1.91. The molecule has 0 spiro atoms. The topological polar surface area (TPSA) is 110 Å². The highest BCUT2D eigenvalue weighted by Gasteiger charge is 2.42. The van der Waals surface area contributed by atoms with Gasteiger partial charge in [0.15, 0.2) is 0 Å². The van der Waals surface area contributed by atoms with E-state index in [1.165, 1.54) is 5.57 Å². The number of carbonyl (C=O) groups excluding carboxylic acids is 2. The second-order valence-corrected chi connectivity index (χ2v) is 10.5. The van der Waals surface area contributed by atoms with Crippen molar-refractivity contribution in [1.29, 1.82) is 0 Å². The third-order valence-corrected chi connectivity index (χ3v) is 7.39. The van der Waals surface area contributed by atoms with Gasteiger partial charge in [-0.25, -0.2) is 0 Å². The van der Waals surface area contributed by atoms with Crippen molar-refractivity contribution in [1.82, 2.24) is 9.97 Å². The van der Waals surface area contributed by atoms with Crippen molar-refractivity contribution in [2.24, 2.45) is 17.3 Å². The molecule has 0 amide bonds. The number of cyclic esters (lactones) is 1. The van der Waals surface area contributed by atoms with Gasteiger partial charge in [-0.15, -0.1) is 0 Å². The molecule has 0 aliphatic carbocycles. The van der Waals surface area contributed by atoms with Crippen molar-refractivity contribution in [3.05, 3.63) is 47.8 Å². The Morgan fingerprint density at radius 3 is 2.46 bits per heavy atom. The third kappa shape index (κ3) is 6.53. The molecule has 2 N–H and O–H groups in total. The molecule has 1 aromatic heterocycles. The second kappa shape index (κ2) is 11.4. The van der Waals surface area contributed by atoms with Gasteiger partial charge in [-0.05, 0) is 49.8 Å². The molecule has 2 heterocycles. The van der Waals surface area contributed by atoms with Gasteiger partial charge in [0.1, 0.15) is 11.9 Å². The quantitative estimate of drug-likeness (QED) is 0.447. The van der Waals surface area contributed by atoms with Crippen LogP contribution in [0, 0.1) is 17.3 Å². The fourth-order valence-electron chi connectivity index (χ4n) is 4.74. The smallest absolute Gasteiger partial charge is 0.309 e. The molecule has 0 fully saturated rings. The molecule has 7 heteroatoms. The number of aromatic nitrogens is 2. The highest BCUT2D eigenvalue weighted by Crippen LogP contribution is 2.33. The summed E-state index contributed by atoms with van der Waals surface area (Å²) in [6.07, 6.45) is 5.42. The Kier molecular flexibility index (Phi) is 8.78. The molecule has 7 nitrogen and oxygen atoms in total. The maximum atomic E-state index is 13.2. The van der Waals surface area contributed by atoms with Gasteiger partial charge in [0.2, 0.25) is 0 Å². The maximum absolute atomic E-state index is 13.2. The SMILES string of the molecule is C/C1=C/C[C@@H](c2ccc3nccnc3c2)OC(=O)C[C@H](O)C(C)(C)C(=O)[C@H](C)[C@@H](O)[C@@H](C)CCC1. The average molecular weight is 483 g/mol. The van der Waals surface area contributed by atoms with Gasteiger partial charge in [-0.3, -0.25) is 19.6 Å². The number of benzene rings is 1. The molecule has 190 valence electrons. The predicted octanol–water partition coefficient (Wildman–Crippen LogP) is 4.71. The van der Waals surface area contributed by atoms with Gasteiger partial charge < -0.3 is 14.9 Å². The van der Waals surface area contributed by atoms with E-state index >= 15 is 0 Å². The molecule has 35 heavy (non-hydrogen) atoms. The number of ether oxygens (including phenoxy) is 1. The number of hydrogen-bond acceptors (Lipinski definition) is 7. The minimum absolute atomic E-state index is 0.0565. The maximum Gasteiger partial charge on any atom is 0.309 e. The zero-order chi connectivity index (χ0) is 25.8. The first kappa shape index (κ1) is 27.0. The van der Waals surface area contributed by atoms with E-state index in [-0.39, 0.29) is 18.1 Å². The van der Waals surface area contributed by atoms with Crippen molar-refractivity contribution in [2.75, 3.05) is 0 Å². The summed E-state index contributed by atoms with van der Waals surface area (Å²) < 4.78 is 5.85. The molecular weight excluding hydrogens is 444 g/mol. The van der Waals surface area contributed by atoms with Crippen LogP contribution in [-0.2, 0) is 14.3 Å². The fraction of sp³-hybridized carbons (Fsp3) is 0.571. The summed E-state index contributed by atoms with van der Waals surface area (Å²) in [7, 11) is 0. The lowest BCUT2D eigenvalue weighted by Gasteiger charge is -2.34. The zero-order valence-corrected chi connectivity index (χ0v) is 21.4. The van der Waals surface area contributed by atoms with Crippen molar-refractivity contribution >= 4 is 22.8 Å². The summed E-state index contributed by atoms with van der Waals surface area (Å²) in [5, 5.41) is 21.6. The predicted molar refractivity (Wildman–Crippen MR) is 134 cm³/mol. The van der Waals surface area contributed by atoms with Crippen molar-refractivity contribution < 1.29 is 24.5 Å². The number of allylic oxidation sites excluding steroid dienone is 1.